The molecule has 1 aliphatic rings. The van der Waals surface area contributed by atoms with E-state index >= 15 is 0 Å². The molecular formula is C11H14BrNO. The summed E-state index contributed by atoms with van der Waals surface area (Å²) in [7, 11) is 1.69. The Balaban J connectivity index is 2.60. The number of ether oxygens (including phenoxy) is 1. The standard InChI is InChI=1S/C11H14BrNO/c1-7-3-4-8(12)10(14-2)9(7)11(13)5-6-11/h3-4H,5-6,13H2,1-2H3. The van der Waals surface area contributed by atoms with Gasteiger partial charge in [0, 0.05) is 11.1 Å². The van der Waals surface area contributed by atoms with Crippen molar-refractivity contribution in [2.24, 2.45) is 5.73 Å². The Kier molecular flexibility index (Phi) is 2.32. The van der Waals surface area contributed by atoms with E-state index in [0.717, 1.165) is 28.6 Å². The summed E-state index contributed by atoms with van der Waals surface area (Å²) in [6, 6.07) is 4.08. The third kappa shape index (κ3) is 1.44. The zero-order chi connectivity index (χ0) is 10.3. The van der Waals surface area contributed by atoms with Gasteiger partial charge in [-0.1, -0.05) is 6.07 Å². The predicted molar refractivity (Wildman–Crippen MR) is 60.5 cm³/mol. The van der Waals surface area contributed by atoms with Crippen LogP contribution in [0.3, 0.4) is 0 Å². The predicted octanol–water partition coefficient (Wildman–Crippen LogP) is 2.71. The number of benzene rings is 1. The molecule has 0 amide bonds. The van der Waals surface area contributed by atoms with Crippen LogP contribution in [0.2, 0.25) is 0 Å². The number of hydrogen-bond acceptors (Lipinski definition) is 2. The second-order valence-electron chi connectivity index (χ2n) is 3.93. The molecule has 3 heteroatoms. The highest BCUT2D eigenvalue weighted by atomic mass is 79.9. The smallest absolute Gasteiger partial charge is 0.138 e. The van der Waals surface area contributed by atoms with Crippen molar-refractivity contribution in [1.29, 1.82) is 0 Å². The lowest BCUT2D eigenvalue weighted by Gasteiger charge is -2.18. The van der Waals surface area contributed by atoms with Crippen LogP contribution < -0.4 is 10.5 Å². The second kappa shape index (κ2) is 3.24. The van der Waals surface area contributed by atoms with Gasteiger partial charge in [0.1, 0.15) is 5.75 Å². The van der Waals surface area contributed by atoms with Gasteiger partial charge < -0.3 is 10.5 Å². The van der Waals surface area contributed by atoms with Crippen molar-refractivity contribution in [3.8, 4) is 5.75 Å². The Morgan fingerprint density at radius 3 is 2.57 bits per heavy atom. The maximum atomic E-state index is 6.21. The SMILES string of the molecule is COc1c(Br)ccc(C)c1C1(N)CC1. The van der Waals surface area contributed by atoms with E-state index in [2.05, 4.69) is 28.9 Å². The molecule has 0 atom stereocenters. The largest absolute Gasteiger partial charge is 0.495 e. The van der Waals surface area contributed by atoms with Gasteiger partial charge in [-0.2, -0.15) is 0 Å². The molecule has 0 spiro atoms. The van der Waals surface area contributed by atoms with Crippen molar-refractivity contribution in [3.63, 3.8) is 0 Å². The fraction of sp³-hybridized carbons (Fsp3) is 0.455. The van der Waals surface area contributed by atoms with Crippen molar-refractivity contribution in [1.82, 2.24) is 0 Å². The molecule has 2 N–H and O–H groups in total. The van der Waals surface area contributed by atoms with Gasteiger partial charge >= 0.3 is 0 Å². The molecule has 1 aliphatic carbocycles. The molecule has 1 saturated carbocycles. The van der Waals surface area contributed by atoms with Crippen LogP contribution in [-0.4, -0.2) is 7.11 Å². The lowest BCUT2D eigenvalue weighted by molar-refractivity contribution is 0.401. The Hall–Kier alpha value is -0.540. The number of hydrogen-bond donors (Lipinski definition) is 1. The van der Waals surface area contributed by atoms with Crippen molar-refractivity contribution in [2.45, 2.75) is 25.3 Å². The van der Waals surface area contributed by atoms with Crippen molar-refractivity contribution >= 4 is 15.9 Å². The summed E-state index contributed by atoms with van der Waals surface area (Å²) >= 11 is 3.48. The minimum Gasteiger partial charge on any atom is -0.495 e. The van der Waals surface area contributed by atoms with Crippen LogP contribution in [0.5, 0.6) is 5.75 Å². The molecular weight excluding hydrogens is 242 g/mol. The lowest BCUT2D eigenvalue weighted by atomic mass is 9.99. The van der Waals surface area contributed by atoms with Crippen LogP contribution in [0.1, 0.15) is 24.0 Å². The molecule has 0 heterocycles. The van der Waals surface area contributed by atoms with E-state index in [1.54, 1.807) is 7.11 Å². The molecule has 1 aromatic rings. The van der Waals surface area contributed by atoms with Crippen LogP contribution in [0.4, 0.5) is 0 Å². The van der Waals surface area contributed by atoms with Gasteiger partial charge in [0.05, 0.1) is 11.6 Å². The molecule has 0 aliphatic heterocycles. The van der Waals surface area contributed by atoms with Gasteiger partial charge in [0.15, 0.2) is 0 Å². The fourth-order valence-corrected chi connectivity index (χ4v) is 2.35. The first-order valence-electron chi connectivity index (χ1n) is 4.71. The molecule has 1 aromatic carbocycles. The summed E-state index contributed by atoms with van der Waals surface area (Å²) in [5, 5.41) is 0. The van der Waals surface area contributed by atoms with Gasteiger partial charge in [-0.3, -0.25) is 0 Å². The van der Waals surface area contributed by atoms with E-state index in [1.165, 1.54) is 5.56 Å². The normalized spacial score (nSPS) is 18.0. The van der Waals surface area contributed by atoms with E-state index in [4.69, 9.17) is 10.5 Å². The van der Waals surface area contributed by atoms with Crippen molar-refractivity contribution in [2.75, 3.05) is 7.11 Å². The fourth-order valence-electron chi connectivity index (χ4n) is 1.86. The molecule has 2 nitrogen and oxygen atoms in total. The Morgan fingerprint density at radius 1 is 1.43 bits per heavy atom. The van der Waals surface area contributed by atoms with Crippen molar-refractivity contribution in [3.05, 3.63) is 27.7 Å². The average Bonchev–Trinajstić information content (AvgIpc) is 2.88. The minimum atomic E-state index is -0.140. The first-order valence-corrected chi connectivity index (χ1v) is 5.50. The lowest BCUT2D eigenvalue weighted by Crippen LogP contribution is -2.21. The van der Waals surface area contributed by atoms with Crippen LogP contribution in [0, 0.1) is 6.92 Å². The zero-order valence-electron chi connectivity index (χ0n) is 8.43. The molecule has 76 valence electrons. The number of rotatable bonds is 2. The zero-order valence-corrected chi connectivity index (χ0v) is 10.0. The van der Waals surface area contributed by atoms with E-state index in [-0.39, 0.29) is 5.54 Å². The van der Waals surface area contributed by atoms with E-state index in [1.807, 2.05) is 6.07 Å². The topological polar surface area (TPSA) is 35.2 Å². The highest BCUT2D eigenvalue weighted by Crippen LogP contribution is 2.49. The summed E-state index contributed by atoms with van der Waals surface area (Å²) in [5.41, 5.74) is 8.45. The first-order chi connectivity index (χ1) is 6.58. The number of aryl methyl sites for hydroxylation is 1. The summed E-state index contributed by atoms with van der Waals surface area (Å²) in [5.74, 6) is 0.894. The van der Waals surface area contributed by atoms with Gasteiger partial charge in [-0.05, 0) is 47.3 Å². The molecule has 1 fully saturated rings. The Morgan fingerprint density at radius 2 is 2.07 bits per heavy atom. The molecule has 0 aromatic heterocycles. The summed E-state index contributed by atoms with van der Waals surface area (Å²) in [4.78, 5) is 0. The number of methoxy groups -OCH3 is 1. The minimum absolute atomic E-state index is 0.140. The second-order valence-corrected chi connectivity index (χ2v) is 4.78. The number of nitrogens with two attached hydrogens (primary N) is 1. The van der Waals surface area contributed by atoms with E-state index in [9.17, 15) is 0 Å². The molecule has 2 rings (SSSR count). The maximum absolute atomic E-state index is 6.21. The van der Waals surface area contributed by atoms with Crippen LogP contribution in [0.15, 0.2) is 16.6 Å². The quantitative estimate of drug-likeness (QED) is 0.882. The molecule has 0 radical (unpaired) electrons. The summed E-state index contributed by atoms with van der Waals surface area (Å²) < 4.78 is 6.38. The van der Waals surface area contributed by atoms with Gasteiger partial charge in [-0.25, -0.2) is 0 Å². The monoisotopic (exact) mass is 255 g/mol. The highest BCUT2D eigenvalue weighted by Gasteiger charge is 2.43. The Bertz CT molecular complexity index is 372. The molecule has 14 heavy (non-hydrogen) atoms. The summed E-state index contributed by atoms with van der Waals surface area (Å²) in [6.45, 7) is 2.08. The first kappa shape index (κ1) is 9.99. The van der Waals surface area contributed by atoms with Crippen LogP contribution >= 0.6 is 15.9 Å². The number of halogens is 1. The molecule has 0 unspecified atom stereocenters. The van der Waals surface area contributed by atoms with E-state index in [0.29, 0.717) is 0 Å². The summed E-state index contributed by atoms with van der Waals surface area (Å²) in [6.07, 6.45) is 2.11. The average molecular weight is 256 g/mol. The van der Waals surface area contributed by atoms with Crippen LogP contribution in [-0.2, 0) is 5.54 Å². The Labute approximate surface area is 92.6 Å². The molecule has 0 bridgehead atoms. The third-order valence-corrected chi connectivity index (χ3v) is 3.43. The van der Waals surface area contributed by atoms with Gasteiger partial charge in [0.25, 0.3) is 0 Å². The third-order valence-electron chi connectivity index (χ3n) is 2.81. The highest BCUT2D eigenvalue weighted by molar-refractivity contribution is 9.10. The van der Waals surface area contributed by atoms with Crippen LogP contribution in [0.25, 0.3) is 0 Å². The maximum Gasteiger partial charge on any atom is 0.138 e. The van der Waals surface area contributed by atoms with Gasteiger partial charge in [0.2, 0.25) is 0 Å². The molecule has 0 saturated heterocycles. The van der Waals surface area contributed by atoms with Gasteiger partial charge in [-0.15, -0.1) is 0 Å². The van der Waals surface area contributed by atoms with E-state index < -0.39 is 0 Å². The van der Waals surface area contributed by atoms with Crippen molar-refractivity contribution < 1.29 is 4.74 Å².